The van der Waals surface area contributed by atoms with Gasteiger partial charge in [0, 0.05) is 0 Å². The zero-order chi connectivity index (χ0) is 11.8. The Kier molecular flexibility index (Phi) is 4.60. The molecule has 82 valence electrons. The van der Waals surface area contributed by atoms with Crippen LogP contribution in [-0.2, 0) is 4.74 Å². The molecule has 0 saturated carbocycles. The van der Waals surface area contributed by atoms with E-state index in [1.54, 1.807) is 0 Å². The Labute approximate surface area is 93.6 Å². The van der Waals surface area contributed by atoms with Gasteiger partial charge in [0.15, 0.2) is 0 Å². The van der Waals surface area contributed by atoms with Crippen molar-refractivity contribution in [1.82, 2.24) is 0 Å². The van der Waals surface area contributed by atoms with Crippen LogP contribution in [0, 0.1) is 0 Å². The fourth-order valence-electron chi connectivity index (χ4n) is 1.20. The van der Waals surface area contributed by atoms with Crippen molar-refractivity contribution in [3.63, 3.8) is 0 Å². The van der Waals surface area contributed by atoms with E-state index in [0.29, 0.717) is 0 Å². The topological polar surface area (TPSA) is 46.5 Å². The summed E-state index contributed by atoms with van der Waals surface area (Å²) in [5.41, 5.74) is 0. The molecule has 0 saturated heterocycles. The molecule has 0 amide bonds. The van der Waals surface area contributed by atoms with Crippen molar-refractivity contribution in [3.8, 4) is 0 Å². The lowest BCUT2D eigenvalue weighted by atomic mass is 10.1. The van der Waals surface area contributed by atoms with Crippen LogP contribution in [0.5, 0.6) is 0 Å². The zero-order valence-corrected chi connectivity index (χ0v) is 8.67. The van der Waals surface area contributed by atoms with E-state index < -0.39 is 6.16 Å². The van der Waals surface area contributed by atoms with Crippen molar-refractivity contribution in [2.75, 3.05) is 0 Å². The van der Waals surface area contributed by atoms with Crippen LogP contribution in [0.15, 0.2) is 61.4 Å². The zero-order valence-electron chi connectivity index (χ0n) is 8.67. The molecule has 2 aromatic rings. The molecule has 0 unspecified atom stereocenters. The van der Waals surface area contributed by atoms with Crippen LogP contribution in [0.4, 0.5) is 4.79 Å². The Morgan fingerprint density at radius 1 is 1.06 bits per heavy atom. The van der Waals surface area contributed by atoms with Gasteiger partial charge >= 0.3 is 6.16 Å². The maximum absolute atomic E-state index is 9.31. The Morgan fingerprint density at radius 3 is 1.62 bits per heavy atom. The van der Waals surface area contributed by atoms with E-state index >= 15 is 0 Å². The van der Waals surface area contributed by atoms with Crippen molar-refractivity contribution in [2.45, 2.75) is 0 Å². The largest absolute Gasteiger partial charge is 0.510 e. The molecule has 0 aliphatic heterocycles. The molecule has 0 atom stereocenters. The molecule has 0 spiro atoms. The summed E-state index contributed by atoms with van der Waals surface area (Å²) in [6, 6.07) is 16.7. The van der Waals surface area contributed by atoms with E-state index in [2.05, 4.69) is 59.8 Å². The average molecular weight is 216 g/mol. The van der Waals surface area contributed by atoms with Crippen molar-refractivity contribution in [3.05, 3.63) is 61.4 Å². The first-order valence-electron chi connectivity index (χ1n) is 4.68. The molecule has 0 aliphatic rings. The van der Waals surface area contributed by atoms with Gasteiger partial charge < -0.3 is 9.84 Å². The second kappa shape index (κ2) is 6.24. The van der Waals surface area contributed by atoms with Crippen molar-refractivity contribution < 1.29 is 14.6 Å². The Hall–Kier alpha value is -2.29. The van der Waals surface area contributed by atoms with Gasteiger partial charge in [-0.2, -0.15) is 0 Å². The third-order valence-corrected chi connectivity index (χ3v) is 1.84. The average Bonchev–Trinajstić information content (AvgIpc) is 2.30. The van der Waals surface area contributed by atoms with Crippen LogP contribution in [0.1, 0.15) is 0 Å². The molecule has 0 aliphatic carbocycles. The number of fused-ring (bicyclic) bond motifs is 1. The molecule has 2 rings (SSSR count). The van der Waals surface area contributed by atoms with Crippen LogP contribution >= 0.6 is 0 Å². The summed E-state index contributed by atoms with van der Waals surface area (Å²) in [5.74, 6) is 0. The Bertz CT molecular complexity index is 412. The van der Waals surface area contributed by atoms with Crippen LogP contribution < -0.4 is 0 Å². The number of carbonyl (C=O) groups is 1. The lowest BCUT2D eigenvalue weighted by molar-refractivity contribution is 0.128. The lowest BCUT2D eigenvalue weighted by Crippen LogP contribution is -1.89. The summed E-state index contributed by atoms with van der Waals surface area (Å²) in [4.78, 5) is 9.31. The third-order valence-electron chi connectivity index (χ3n) is 1.84. The summed E-state index contributed by atoms with van der Waals surface area (Å²) in [7, 11) is 0. The molecule has 0 radical (unpaired) electrons. The molecular weight excluding hydrogens is 204 g/mol. The molecule has 16 heavy (non-hydrogen) atoms. The van der Waals surface area contributed by atoms with Crippen molar-refractivity contribution >= 4 is 16.9 Å². The van der Waals surface area contributed by atoms with Gasteiger partial charge in [-0.3, -0.25) is 0 Å². The first-order valence-corrected chi connectivity index (χ1v) is 4.68. The summed E-state index contributed by atoms with van der Waals surface area (Å²) < 4.78 is 3.72. The summed E-state index contributed by atoms with van der Waals surface area (Å²) in [5, 5.41) is 10.2. The fourth-order valence-corrected chi connectivity index (χ4v) is 1.20. The number of rotatable bonds is 1. The number of hydrogen-bond donors (Lipinski definition) is 1. The quantitative estimate of drug-likeness (QED) is 0.584. The van der Waals surface area contributed by atoms with Gasteiger partial charge in [0.05, 0.1) is 6.26 Å². The highest BCUT2D eigenvalue weighted by atomic mass is 16.7. The Morgan fingerprint density at radius 2 is 1.44 bits per heavy atom. The van der Waals surface area contributed by atoms with Crippen LogP contribution in [0.25, 0.3) is 10.8 Å². The summed E-state index contributed by atoms with van der Waals surface area (Å²) >= 11 is 0. The van der Waals surface area contributed by atoms with Crippen LogP contribution in [0.3, 0.4) is 0 Å². The van der Waals surface area contributed by atoms with Gasteiger partial charge in [-0.15, -0.1) is 0 Å². The van der Waals surface area contributed by atoms with E-state index in [-0.39, 0.29) is 0 Å². The van der Waals surface area contributed by atoms with E-state index in [0.717, 1.165) is 6.26 Å². The fraction of sp³-hybridized carbons (Fsp3) is 0. The molecule has 0 fully saturated rings. The molecule has 0 aromatic heterocycles. The predicted molar refractivity (Wildman–Crippen MR) is 63.3 cm³/mol. The van der Waals surface area contributed by atoms with E-state index in [9.17, 15) is 4.79 Å². The van der Waals surface area contributed by atoms with E-state index in [1.165, 1.54) is 10.8 Å². The number of carboxylic acid groups (broad SMARTS) is 1. The van der Waals surface area contributed by atoms with Gasteiger partial charge in [0.25, 0.3) is 0 Å². The van der Waals surface area contributed by atoms with Gasteiger partial charge in [0.2, 0.25) is 0 Å². The molecule has 2 aromatic carbocycles. The predicted octanol–water partition coefficient (Wildman–Crippen LogP) is 3.66. The highest BCUT2D eigenvalue weighted by Crippen LogP contribution is 2.11. The minimum absolute atomic E-state index is 0.850. The van der Waals surface area contributed by atoms with E-state index in [4.69, 9.17) is 5.11 Å². The molecule has 0 bridgehead atoms. The monoisotopic (exact) mass is 216 g/mol. The normalized spacial score (nSPS) is 8.75. The lowest BCUT2D eigenvalue weighted by Gasteiger charge is -1.92. The molecule has 1 N–H and O–H groups in total. The number of benzene rings is 2. The molecule has 0 heterocycles. The second-order valence-electron chi connectivity index (χ2n) is 2.90. The van der Waals surface area contributed by atoms with Gasteiger partial charge in [-0.1, -0.05) is 55.1 Å². The first-order chi connectivity index (χ1) is 7.74. The van der Waals surface area contributed by atoms with Crippen molar-refractivity contribution in [2.24, 2.45) is 0 Å². The number of ether oxygens (including phenoxy) is 1. The minimum Gasteiger partial charge on any atom is -0.449 e. The van der Waals surface area contributed by atoms with Gasteiger partial charge in [-0.25, -0.2) is 4.79 Å². The molecule has 3 nitrogen and oxygen atoms in total. The van der Waals surface area contributed by atoms with E-state index in [1.807, 2.05) is 0 Å². The summed E-state index contributed by atoms with van der Waals surface area (Å²) in [6.45, 7) is 3.00. The van der Waals surface area contributed by atoms with Crippen LogP contribution in [0.2, 0.25) is 0 Å². The number of hydrogen-bond acceptors (Lipinski definition) is 2. The van der Waals surface area contributed by atoms with Gasteiger partial charge in [-0.05, 0) is 10.8 Å². The maximum atomic E-state index is 9.31. The van der Waals surface area contributed by atoms with Gasteiger partial charge in [0.1, 0.15) is 0 Å². The highest BCUT2D eigenvalue weighted by Gasteiger charge is 1.85. The standard InChI is InChI=1S/C10H8.C3H4O3/c1-2-6-10-8-4-3-7-9(10)5-1;1-2-6-3(4)5/h1-8H;2H,1H2,(H,4,5). The smallest absolute Gasteiger partial charge is 0.449 e. The highest BCUT2D eigenvalue weighted by molar-refractivity contribution is 5.81. The third kappa shape index (κ3) is 3.84. The second-order valence-corrected chi connectivity index (χ2v) is 2.90. The maximum Gasteiger partial charge on any atom is 0.510 e. The first kappa shape index (κ1) is 11.8. The molecule has 3 heteroatoms. The molecular formula is C13H12O3. The summed E-state index contributed by atoms with van der Waals surface area (Å²) in [6.07, 6.45) is -0.479. The SMILES string of the molecule is C=COC(=O)O.c1ccc2ccccc2c1. The Balaban J connectivity index is 0.000000187. The van der Waals surface area contributed by atoms with Crippen molar-refractivity contribution in [1.29, 1.82) is 0 Å². The van der Waals surface area contributed by atoms with Crippen LogP contribution in [-0.4, -0.2) is 11.3 Å². The minimum atomic E-state index is -1.33.